The van der Waals surface area contributed by atoms with E-state index < -0.39 is 33.7 Å². The van der Waals surface area contributed by atoms with Gasteiger partial charge in [-0.3, -0.25) is 19.1 Å². The van der Waals surface area contributed by atoms with Crippen LogP contribution >= 0.6 is 11.3 Å². The van der Waals surface area contributed by atoms with Crippen LogP contribution in [-0.2, 0) is 31.3 Å². The Hall–Kier alpha value is -3.10. The third-order valence-electron chi connectivity index (χ3n) is 4.27. The summed E-state index contributed by atoms with van der Waals surface area (Å²) in [5.74, 6) is -1.81. The van der Waals surface area contributed by atoms with Gasteiger partial charge in [0, 0.05) is 23.3 Å². The lowest BCUT2D eigenvalue weighted by molar-refractivity contribution is -0.151. The Bertz CT molecular complexity index is 1100. The largest absolute Gasteiger partial charge is 0.390 e. The Morgan fingerprint density at radius 1 is 1.50 bits per heavy atom. The number of amides is 2. The Morgan fingerprint density at radius 3 is 2.77 bits per heavy atom. The monoisotopic (exact) mass is 454 g/mol. The second-order valence-electron chi connectivity index (χ2n) is 6.79. The van der Waals surface area contributed by atoms with Crippen molar-refractivity contribution < 1.29 is 27.4 Å². The maximum absolute atomic E-state index is 12.8. The van der Waals surface area contributed by atoms with Crippen molar-refractivity contribution in [1.82, 2.24) is 19.6 Å². The number of oxime groups is 1. The third kappa shape index (κ3) is 4.24. The smallest absolute Gasteiger partial charge is 0.362 e. The number of nitrogens with zero attached hydrogens (tertiary/aromatic N) is 4. The van der Waals surface area contributed by atoms with Crippen molar-refractivity contribution in [3.63, 3.8) is 0 Å². The average Bonchev–Trinajstić information content (AvgIpc) is 3.08. The van der Waals surface area contributed by atoms with Crippen molar-refractivity contribution in [2.45, 2.75) is 32.0 Å². The highest BCUT2D eigenvalue weighted by Gasteiger charge is 2.60. The molecule has 2 aromatic heterocycles. The number of anilines is 1. The van der Waals surface area contributed by atoms with Crippen LogP contribution in [0, 0.1) is 0 Å². The molecule has 160 valence electrons. The van der Waals surface area contributed by atoms with Crippen molar-refractivity contribution in [1.29, 1.82) is 0 Å². The van der Waals surface area contributed by atoms with Crippen molar-refractivity contribution in [2.24, 2.45) is 5.16 Å². The molecule has 1 atom stereocenters. The minimum atomic E-state index is -4.76. The first kappa shape index (κ1) is 21.6. The molecule has 4 N–H and O–H groups in total. The molecule has 14 heteroatoms. The SMILES string of the molecule is CC1(C)[C@H](NC(=O)/C(=N\OCc2cccnc2)c2csc(N)n2)C(=O)N1S(=O)(=O)O. The Balaban J connectivity index is 1.79. The normalized spacial score (nSPS) is 18.6. The highest BCUT2D eigenvalue weighted by molar-refractivity contribution is 7.84. The van der Waals surface area contributed by atoms with E-state index in [0.717, 1.165) is 11.3 Å². The molecule has 0 radical (unpaired) electrons. The zero-order valence-electron chi connectivity index (χ0n) is 15.8. The number of thiazole rings is 1. The van der Waals surface area contributed by atoms with Crippen molar-refractivity contribution in [3.8, 4) is 0 Å². The molecule has 0 saturated carbocycles. The highest BCUT2D eigenvalue weighted by Crippen LogP contribution is 2.34. The van der Waals surface area contributed by atoms with Gasteiger partial charge in [0.15, 0.2) is 10.8 Å². The van der Waals surface area contributed by atoms with E-state index in [2.05, 4.69) is 20.4 Å². The molecule has 2 amide bonds. The van der Waals surface area contributed by atoms with Crippen LogP contribution in [-0.4, -0.2) is 56.4 Å². The average molecular weight is 454 g/mol. The van der Waals surface area contributed by atoms with Gasteiger partial charge in [-0.15, -0.1) is 11.3 Å². The van der Waals surface area contributed by atoms with Gasteiger partial charge in [0.2, 0.25) is 0 Å². The molecule has 12 nitrogen and oxygen atoms in total. The molecule has 0 unspecified atom stereocenters. The second-order valence-corrected chi connectivity index (χ2v) is 8.94. The number of hydrogen-bond acceptors (Lipinski definition) is 10. The standard InChI is InChI=1S/C16H18N6O6S2/c1-16(2)12(14(24)22(16)30(25,26)27)20-13(23)11(10-8-29-15(17)19-10)21-28-7-9-4-3-5-18-6-9/h3-6,8,12H,7H2,1-2H3,(H2,17,19)(H,20,23)(H,25,26,27)/b21-11-/t12-/m1/s1. The number of carbonyl (C=O) groups is 2. The van der Waals surface area contributed by atoms with Crippen LogP contribution in [0.2, 0.25) is 0 Å². The van der Waals surface area contributed by atoms with Crippen LogP contribution < -0.4 is 11.1 Å². The quantitative estimate of drug-likeness (QED) is 0.224. The first-order valence-electron chi connectivity index (χ1n) is 8.44. The van der Waals surface area contributed by atoms with Crippen molar-refractivity contribution in [3.05, 3.63) is 41.2 Å². The summed E-state index contributed by atoms with van der Waals surface area (Å²) in [6.45, 7) is 2.78. The number of hydrogen-bond donors (Lipinski definition) is 3. The number of aromatic nitrogens is 2. The summed E-state index contributed by atoms with van der Waals surface area (Å²) in [4.78, 5) is 38.2. The molecule has 0 aromatic carbocycles. The number of nitrogens with one attached hydrogen (secondary N) is 1. The van der Waals surface area contributed by atoms with Gasteiger partial charge in [0.1, 0.15) is 18.3 Å². The molecular weight excluding hydrogens is 436 g/mol. The van der Waals surface area contributed by atoms with Gasteiger partial charge >= 0.3 is 10.3 Å². The molecular formula is C16H18N6O6S2. The fraction of sp³-hybridized carbons (Fsp3) is 0.312. The van der Waals surface area contributed by atoms with E-state index in [1.807, 2.05) is 0 Å². The van der Waals surface area contributed by atoms with E-state index >= 15 is 0 Å². The van der Waals surface area contributed by atoms with E-state index in [0.29, 0.717) is 9.87 Å². The summed E-state index contributed by atoms with van der Waals surface area (Å²) in [6.07, 6.45) is 3.16. The van der Waals surface area contributed by atoms with E-state index in [4.69, 9.17) is 10.6 Å². The van der Waals surface area contributed by atoms with Crippen LogP contribution in [0.15, 0.2) is 35.1 Å². The molecule has 3 rings (SSSR count). The summed E-state index contributed by atoms with van der Waals surface area (Å²) in [5, 5.41) is 7.91. The number of pyridine rings is 1. The Morgan fingerprint density at radius 2 is 2.23 bits per heavy atom. The number of rotatable bonds is 7. The number of nitrogens with two attached hydrogens (primary N) is 1. The molecule has 30 heavy (non-hydrogen) atoms. The minimum absolute atomic E-state index is 0.0224. The Kier molecular flexibility index (Phi) is 5.74. The second kappa shape index (κ2) is 7.97. The number of carbonyl (C=O) groups excluding carboxylic acids is 2. The summed E-state index contributed by atoms with van der Waals surface area (Å²) in [7, 11) is -4.76. The van der Waals surface area contributed by atoms with E-state index in [1.165, 1.54) is 19.2 Å². The minimum Gasteiger partial charge on any atom is -0.390 e. The van der Waals surface area contributed by atoms with Gasteiger partial charge < -0.3 is 15.9 Å². The highest BCUT2D eigenvalue weighted by atomic mass is 32.2. The number of β-lactam (4-membered cyclic amide) rings is 1. The predicted octanol–water partition coefficient (Wildman–Crippen LogP) is -0.0504. The molecule has 0 aliphatic carbocycles. The van der Waals surface area contributed by atoms with Crippen LogP contribution in [0.3, 0.4) is 0 Å². The first-order chi connectivity index (χ1) is 14.0. The molecule has 1 saturated heterocycles. The van der Waals surface area contributed by atoms with Gasteiger partial charge in [-0.1, -0.05) is 11.2 Å². The molecule has 1 aliphatic rings. The van der Waals surface area contributed by atoms with Gasteiger partial charge in [-0.25, -0.2) is 9.29 Å². The van der Waals surface area contributed by atoms with Gasteiger partial charge in [0.05, 0.1) is 5.54 Å². The van der Waals surface area contributed by atoms with Crippen molar-refractivity contribution >= 4 is 44.3 Å². The Labute approximate surface area is 175 Å². The first-order valence-corrected chi connectivity index (χ1v) is 10.7. The lowest BCUT2D eigenvalue weighted by atomic mass is 9.85. The van der Waals surface area contributed by atoms with Gasteiger partial charge in [-0.2, -0.15) is 8.42 Å². The molecule has 3 heterocycles. The third-order valence-corrected chi connectivity index (χ3v) is 6.06. The lowest BCUT2D eigenvalue weighted by Gasteiger charge is -2.50. The maximum Gasteiger partial charge on any atom is 0.362 e. The van der Waals surface area contributed by atoms with Crippen LogP contribution in [0.5, 0.6) is 0 Å². The molecule has 0 bridgehead atoms. The van der Waals surface area contributed by atoms with E-state index in [9.17, 15) is 22.6 Å². The summed E-state index contributed by atoms with van der Waals surface area (Å²) < 4.78 is 32.3. The molecule has 1 fully saturated rings. The summed E-state index contributed by atoms with van der Waals surface area (Å²) in [5.41, 5.74) is 4.82. The topological polar surface area (TPSA) is 177 Å². The molecule has 1 aliphatic heterocycles. The zero-order valence-corrected chi connectivity index (χ0v) is 17.5. The van der Waals surface area contributed by atoms with Crippen LogP contribution in [0.4, 0.5) is 5.13 Å². The van der Waals surface area contributed by atoms with Crippen LogP contribution in [0.1, 0.15) is 25.1 Å². The van der Waals surface area contributed by atoms with E-state index in [-0.39, 0.29) is 23.1 Å². The lowest BCUT2D eigenvalue weighted by Crippen LogP contribution is -2.77. The predicted molar refractivity (Wildman–Crippen MR) is 106 cm³/mol. The molecule has 2 aromatic rings. The molecule has 0 spiro atoms. The number of nitrogen functional groups attached to an aromatic ring is 1. The van der Waals surface area contributed by atoms with Gasteiger partial charge in [-0.05, 0) is 19.9 Å². The van der Waals surface area contributed by atoms with Gasteiger partial charge in [0.25, 0.3) is 11.8 Å². The maximum atomic E-state index is 12.8. The van der Waals surface area contributed by atoms with E-state index in [1.54, 1.807) is 24.5 Å². The van der Waals surface area contributed by atoms with Crippen LogP contribution in [0.25, 0.3) is 0 Å². The fourth-order valence-corrected chi connectivity index (χ4v) is 4.44. The fourth-order valence-electron chi connectivity index (χ4n) is 2.86. The summed E-state index contributed by atoms with van der Waals surface area (Å²) >= 11 is 1.08. The van der Waals surface area contributed by atoms with Crippen molar-refractivity contribution in [2.75, 3.05) is 5.73 Å². The zero-order chi connectivity index (χ0) is 22.1. The summed E-state index contributed by atoms with van der Waals surface area (Å²) in [6, 6.07) is 2.25.